The average molecular weight is 337 g/mol. The van der Waals surface area contributed by atoms with Crippen molar-refractivity contribution in [2.75, 3.05) is 18.4 Å². The number of benzene rings is 1. The van der Waals surface area contributed by atoms with Crippen LogP contribution in [0, 0.1) is 0 Å². The van der Waals surface area contributed by atoms with Gasteiger partial charge < -0.3 is 10.2 Å². The zero-order chi connectivity index (χ0) is 17.1. The van der Waals surface area contributed by atoms with Crippen LogP contribution in [0.3, 0.4) is 0 Å². The fourth-order valence-corrected chi connectivity index (χ4v) is 3.07. The highest BCUT2D eigenvalue weighted by molar-refractivity contribution is 5.76. The third kappa shape index (κ3) is 3.42. The van der Waals surface area contributed by atoms with Crippen LogP contribution in [0.1, 0.15) is 24.0 Å². The van der Waals surface area contributed by atoms with E-state index < -0.39 is 0 Å². The Morgan fingerprint density at radius 1 is 1.16 bits per heavy atom. The monoisotopic (exact) mass is 337 g/mol. The molecule has 0 saturated heterocycles. The molecule has 3 heterocycles. The normalized spacial score (nSPS) is 13.7. The van der Waals surface area contributed by atoms with Gasteiger partial charge in [0.05, 0.1) is 0 Å². The second-order valence-electron chi connectivity index (χ2n) is 6.11. The fraction of sp³-hybridized carbons (Fsp3) is 0.353. The molecule has 0 unspecified atom stereocenters. The molecule has 0 aliphatic carbocycles. The zero-order valence-corrected chi connectivity index (χ0v) is 13.8. The first kappa shape index (κ1) is 15.5. The van der Waals surface area contributed by atoms with Crippen LogP contribution in [0.25, 0.3) is 5.65 Å². The van der Waals surface area contributed by atoms with E-state index in [1.54, 1.807) is 6.07 Å². The highest BCUT2D eigenvalue weighted by Gasteiger charge is 2.19. The summed E-state index contributed by atoms with van der Waals surface area (Å²) in [5.74, 6) is 0.902. The largest absolute Gasteiger partial charge is 0.369 e. The van der Waals surface area contributed by atoms with Gasteiger partial charge in [-0.3, -0.25) is 4.79 Å². The van der Waals surface area contributed by atoms with E-state index in [0.29, 0.717) is 24.4 Å². The Kier molecular flexibility index (Phi) is 4.24. The highest BCUT2D eigenvalue weighted by Crippen LogP contribution is 2.19. The van der Waals surface area contributed by atoms with E-state index in [9.17, 15) is 4.79 Å². The minimum atomic E-state index is 0.209. The van der Waals surface area contributed by atoms with Crippen molar-refractivity contribution in [3.8, 4) is 0 Å². The van der Waals surface area contributed by atoms with Gasteiger partial charge in [0.1, 0.15) is 5.82 Å². The first-order valence-corrected chi connectivity index (χ1v) is 8.43. The van der Waals surface area contributed by atoms with E-state index in [2.05, 4.69) is 44.1 Å². The predicted molar refractivity (Wildman–Crippen MR) is 91.9 cm³/mol. The number of rotatable bonds is 5. The van der Waals surface area contributed by atoms with Gasteiger partial charge in [-0.05, 0) is 46.5 Å². The summed E-state index contributed by atoms with van der Waals surface area (Å²) in [7, 11) is 0. The molecular formula is C17H19N7O. The summed E-state index contributed by atoms with van der Waals surface area (Å²) >= 11 is 0. The molecule has 0 spiro atoms. The van der Waals surface area contributed by atoms with Crippen molar-refractivity contribution >= 4 is 17.4 Å². The predicted octanol–water partition coefficient (Wildman–Crippen LogP) is 1.30. The second-order valence-corrected chi connectivity index (χ2v) is 6.11. The number of nitrogens with one attached hydrogen (secondary N) is 1. The minimum Gasteiger partial charge on any atom is -0.369 e. The molecule has 1 aromatic carbocycles. The molecule has 0 bridgehead atoms. The van der Waals surface area contributed by atoms with E-state index in [1.807, 2.05) is 17.0 Å². The van der Waals surface area contributed by atoms with Crippen molar-refractivity contribution in [2.45, 2.75) is 25.8 Å². The molecule has 8 nitrogen and oxygen atoms in total. The van der Waals surface area contributed by atoms with E-state index in [0.717, 1.165) is 25.9 Å². The van der Waals surface area contributed by atoms with Gasteiger partial charge in [0.25, 0.3) is 0 Å². The second kappa shape index (κ2) is 6.84. The summed E-state index contributed by atoms with van der Waals surface area (Å²) < 4.78 is 1.37. The van der Waals surface area contributed by atoms with Gasteiger partial charge in [0, 0.05) is 26.1 Å². The van der Waals surface area contributed by atoms with Crippen LogP contribution in [0.2, 0.25) is 0 Å². The van der Waals surface area contributed by atoms with Crippen LogP contribution in [0.5, 0.6) is 0 Å². The van der Waals surface area contributed by atoms with Gasteiger partial charge in [-0.2, -0.15) is 0 Å². The highest BCUT2D eigenvalue weighted by atomic mass is 16.2. The number of aromatic nitrogens is 5. The molecule has 0 fully saturated rings. The first-order chi connectivity index (χ1) is 12.3. The lowest BCUT2D eigenvalue weighted by molar-refractivity contribution is -0.132. The summed E-state index contributed by atoms with van der Waals surface area (Å²) in [4.78, 5) is 14.4. The smallest absolute Gasteiger partial charge is 0.222 e. The Labute approximate surface area is 144 Å². The van der Waals surface area contributed by atoms with Crippen LogP contribution in [-0.2, 0) is 17.8 Å². The molecule has 0 saturated carbocycles. The Hall–Kier alpha value is -3.03. The van der Waals surface area contributed by atoms with Crippen molar-refractivity contribution in [3.05, 3.63) is 47.5 Å². The molecule has 128 valence electrons. The van der Waals surface area contributed by atoms with Crippen molar-refractivity contribution in [2.24, 2.45) is 0 Å². The minimum absolute atomic E-state index is 0.209. The average Bonchev–Trinajstić information content (AvgIpc) is 3.12. The van der Waals surface area contributed by atoms with E-state index >= 15 is 0 Å². The summed E-state index contributed by atoms with van der Waals surface area (Å²) in [6, 6.07) is 12.0. The number of hydrogen-bond acceptors (Lipinski definition) is 6. The van der Waals surface area contributed by atoms with Crippen molar-refractivity contribution in [1.82, 2.24) is 30.2 Å². The van der Waals surface area contributed by atoms with Crippen molar-refractivity contribution in [3.63, 3.8) is 0 Å². The molecule has 1 aliphatic heterocycles. The summed E-state index contributed by atoms with van der Waals surface area (Å²) in [5, 5.41) is 18.6. The zero-order valence-electron chi connectivity index (χ0n) is 13.8. The topological polar surface area (TPSA) is 88.3 Å². The molecule has 0 radical (unpaired) electrons. The lowest BCUT2D eigenvalue weighted by atomic mass is 9.99. The SMILES string of the molecule is O=C(CCCNc1ccc2nnnn2n1)N1CCc2ccccc2C1. The van der Waals surface area contributed by atoms with Gasteiger partial charge in [-0.15, -0.1) is 14.8 Å². The molecule has 3 aromatic rings. The summed E-state index contributed by atoms with van der Waals surface area (Å²) in [5.41, 5.74) is 3.22. The maximum atomic E-state index is 12.4. The van der Waals surface area contributed by atoms with E-state index in [1.165, 1.54) is 15.8 Å². The summed E-state index contributed by atoms with van der Waals surface area (Å²) in [6.07, 6.45) is 2.23. The molecular weight excluding hydrogens is 318 g/mol. The van der Waals surface area contributed by atoms with Gasteiger partial charge in [-0.1, -0.05) is 24.3 Å². The van der Waals surface area contributed by atoms with Crippen LogP contribution in [0.4, 0.5) is 5.82 Å². The van der Waals surface area contributed by atoms with Crippen molar-refractivity contribution in [1.29, 1.82) is 0 Å². The molecule has 25 heavy (non-hydrogen) atoms. The van der Waals surface area contributed by atoms with Gasteiger partial charge in [0.2, 0.25) is 5.91 Å². The van der Waals surface area contributed by atoms with Crippen LogP contribution < -0.4 is 5.32 Å². The number of hydrogen-bond donors (Lipinski definition) is 1. The van der Waals surface area contributed by atoms with E-state index in [4.69, 9.17) is 0 Å². The maximum absolute atomic E-state index is 12.4. The molecule has 0 atom stereocenters. The standard InChI is InChI=1S/C17H19N7O/c25-17(23-11-9-13-4-1-2-5-14(13)12-23)6-3-10-18-15-7-8-16-19-21-22-24(16)20-15/h1-2,4-5,7-8H,3,6,9-12H2,(H,18,20). The van der Waals surface area contributed by atoms with Crippen LogP contribution >= 0.6 is 0 Å². The lowest BCUT2D eigenvalue weighted by Gasteiger charge is -2.29. The number of tetrazole rings is 1. The number of anilines is 1. The number of carbonyl (C=O) groups excluding carboxylic acids is 1. The molecule has 8 heteroatoms. The number of nitrogens with zero attached hydrogens (tertiary/aromatic N) is 6. The lowest BCUT2D eigenvalue weighted by Crippen LogP contribution is -2.36. The molecule has 1 N–H and O–H groups in total. The van der Waals surface area contributed by atoms with Crippen molar-refractivity contribution < 1.29 is 4.79 Å². The Bertz CT molecular complexity index is 891. The quantitative estimate of drug-likeness (QED) is 0.706. The molecule has 2 aromatic heterocycles. The Morgan fingerprint density at radius 3 is 2.96 bits per heavy atom. The molecule has 1 amide bonds. The van der Waals surface area contributed by atoms with Gasteiger partial charge >= 0.3 is 0 Å². The third-order valence-corrected chi connectivity index (χ3v) is 4.43. The third-order valence-electron chi connectivity index (χ3n) is 4.43. The Morgan fingerprint density at radius 2 is 2.04 bits per heavy atom. The van der Waals surface area contributed by atoms with Crippen LogP contribution in [-0.4, -0.2) is 49.2 Å². The molecule has 4 rings (SSSR count). The number of carbonyl (C=O) groups is 1. The molecule has 1 aliphatic rings. The number of fused-ring (bicyclic) bond motifs is 2. The van der Waals surface area contributed by atoms with Crippen LogP contribution in [0.15, 0.2) is 36.4 Å². The van der Waals surface area contributed by atoms with Gasteiger partial charge in [-0.25, -0.2) is 0 Å². The maximum Gasteiger partial charge on any atom is 0.222 e. The summed E-state index contributed by atoms with van der Waals surface area (Å²) in [6.45, 7) is 2.21. The van der Waals surface area contributed by atoms with E-state index in [-0.39, 0.29) is 5.91 Å². The first-order valence-electron chi connectivity index (χ1n) is 8.43. The van der Waals surface area contributed by atoms with Gasteiger partial charge in [0.15, 0.2) is 5.65 Å². The fourth-order valence-electron chi connectivity index (χ4n) is 3.07. The number of amides is 1. The Balaban J connectivity index is 1.25.